The zero-order chi connectivity index (χ0) is 14.1. The van der Waals surface area contributed by atoms with E-state index in [1.54, 1.807) is 0 Å². The highest BCUT2D eigenvalue weighted by molar-refractivity contribution is 5.82. The number of carbonyl (C=O) groups excluding carboxylic acids is 1. The Hall–Kier alpha value is -1.56. The van der Waals surface area contributed by atoms with Crippen LogP contribution in [-0.4, -0.2) is 42.4 Å². The van der Waals surface area contributed by atoms with Crippen LogP contribution in [0, 0.1) is 0 Å². The van der Waals surface area contributed by atoms with Gasteiger partial charge in [0.2, 0.25) is 0 Å². The van der Waals surface area contributed by atoms with Crippen molar-refractivity contribution in [1.82, 2.24) is 10.6 Å². The summed E-state index contributed by atoms with van der Waals surface area (Å²) in [5.74, 6) is -1.07. The normalized spacial score (nSPS) is 16.8. The van der Waals surface area contributed by atoms with Gasteiger partial charge < -0.3 is 20.5 Å². The van der Waals surface area contributed by atoms with Gasteiger partial charge in [-0.15, -0.1) is 6.58 Å². The maximum atomic E-state index is 11.5. The molecule has 3 N–H and O–H groups in total. The summed E-state index contributed by atoms with van der Waals surface area (Å²) >= 11 is 0. The third-order valence-corrected chi connectivity index (χ3v) is 3.05. The maximum Gasteiger partial charge on any atom is 0.326 e. The number of carbonyl (C=O) groups is 2. The van der Waals surface area contributed by atoms with E-state index in [0.29, 0.717) is 19.3 Å². The molecule has 1 rings (SSSR count). The highest BCUT2D eigenvalue weighted by Gasteiger charge is 2.18. The predicted octanol–water partition coefficient (Wildman–Crippen LogP) is 1.27. The van der Waals surface area contributed by atoms with Gasteiger partial charge in [0, 0.05) is 6.54 Å². The van der Waals surface area contributed by atoms with E-state index in [-0.39, 0.29) is 6.42 Å². The molecule has 2 amide bonds. The van der Waals surface area contributed by atoms with Gasteiger partial charge >= 0.3 is 12.0 Å². The van der Waals surface area contributed by atoms with Gasteiger partial charge in [0.05, 0.1) is 12.7 Å². The summed E-state index contributed by atoms with van der Waals surface area (Å²) in [6, 6.07) is -1.43. The summed E-state index contributed by atoms with van der Waals surface area (Å²) in [6.45, 7) is 4.29. The van der Waals surface area contributed by atoms with Gasteiger partial charge in [0.1, 0.15) is 6.04 Å². The molecule has 1 saturated carbocycles. The minimum Gasteiger partial charge on any atom is -0.480 e. The monoisotopic (exact) mass is 270 g/mol. The number of carboxylic acid groups (broad SMARTS) is 1. The highest BCUT2D eigenvalue weighted by Crippen LogP contribution is 2.20. The molecule has 0 aromatic rings. The average Bonchev–Trinajstić information content (AvgIpc) is 2.87. The first-order chi connectivity index (χ1) is 9.13. The SMILES string of the molecule is C=CCC(NC(=O)NCCOC1CCCC1)C(=O)O. The van der Waals surface area contributed by atoms with Gasteiger partial charge in [-0.25, -0.2) is 9.59 Å². The van der Waals surface area contributed by atoms with Crippen LogP contribution in [0.15, 0.2) is 12.7 Å². The summed E-state index contributed by atoms with van der Waals surface area (Å²) in [5, 5.41) is 13.8. The number of amides is 2. The molecule has 1 unspecified atom stereocenters. The largest absolute Gasteiger partial charge is 0.480 e. The molecule has 0 spiro atoms. The Labute approximate surface area is 113 Å². The Bertz CT molecular complexity index is 314. The van der Waals surface area contributed by atoms with E-state index in [4.69, 9.17) is 9.84 Å². The Balaban J connectivity index is 2.12. The molecule has 1 atom stereocenters. The first-order valence-electron chi connectivity index (χ1n) is 6.63. The zero-order valence-electron chi connectivity index (χ0n) is 11.1. The lowest BCUT2D eigenvalue weighted by Gasteiger charge is -2.14. The summed E-state index contributed by atoms with van der Waals surface area (Å²) in [7, 11) is 0. The van der Waals surface area contributed by atoms with Crippen molar-refractivity contribution in [2.45, 2.75) is 44.2 Å². The van der Waals surface area contributed by atoms with Crippen molar-refractivity contribution < 1.29 is 19.4 Å². The topological polar surface area (TPSA) is 87.7 Å². The molecule has 0 aromatic heterocycles. The van der Waals surface area contributed by atoms with Gasteiger partial charge in [-0.2, -0.15) is 0 Å². The van der Waals surface area contributed by atoms with Crippen LogP contribution in [0.2, 0.25) is 0 Å². The summed E-state index contributed by atoms with van der Waals surface area (Å²) in [6.07, 6.45) is 6.57. The molecule has 1 aliphatic rings. The number of ether oxygens (including phenoxy) is 1. The molecule has 0 bridgehead atoms. The number of carboxylic acids is 1. The Morgan fingerprint density at radius 1 is 1.42 bits per heavy atom. The number of urea groups is 1. The van der Waals surface area contributed by atoms with Crippen LogP contribution in [0.4, 0.5) is 4.79 Å². The molecule has 6 nitrogen and oxygen atoms in total. The molecule has 0 heterocycles. The van der Waals surface area contributed by atoms with E-state index >= 15 is 0 Å². The van der Waals surface area contributed by atoms with Gasteiger partial charge in [0.25, 0.3) is 0 Å². The summed E-state index contributed by atoms with van der Waals surface area (Å²) in [5.41, 5.74) is 0. The Morgan fingerprint density at radius 2 is 2.11 bits per heavy atom. The Morgan fingerprint density at radius 3 is 2.68 bits per heavy atom. The van der Waals surface area contributed by atoms with Gasteiger partial charge in [-0.1, -0.05) is 18.9 Å². The zero-order valence-corrected chi connectivity index (χ0v) is 11.1. The average molecular weight is 270 g/mol. The van der Waals surface area contributed by atoms with Crippen LogP contribution in [0.25, 0.3) is 0 Å². The van der Waals surface area contributed by atoms with Gasteiger partial charge in [0.15, 0.2) is 0 Å². The maximum absolute atomic E-state index is 11.5. The predicted molar refractivity (Wildman–Crippen MR) is 71.0 cm³/mol. The van der Waals surface area contributed by atoms with Crippen LogP contribution >= 0.6 is 0 Å². The second-order valence-electron chi connectivity index (χ2n) is 4.59. The molecule has 0 saturated heterocycles. The van der Waals surface area contributed by atoms with Crippen LogP contribution in [0.5, 0.6) is 0 Å². The quantitative estimate of drug-likeness (QED) is 0.458. The lowest BCUT2D eigenvalue weighted by molar-refractivity contribution is -0.139. The van der Waals surface area contributed by atoms with E-state index in [9.17, 15) is 9.59 Å². The second-order valence-corrected chi connectivity index (χ2v) is 4.59. The van der Waals surface area contributed by atoms with Gasteiger partial charge in [-0.05, 0) is 19.3 Å². The first-order valence-corrected chi connectivity index (χ1v) is 6.63. The molecule has 0 radical (unpaired) electrons. The lowest BCUT2D eigenvalue weighted by atomic mass is 10.2. The number of aliphatic carboxylic acids is 1. The van der Waals surface area contributed by atoms with Crippen molar-refractivity contribution in [2.24, 2.45) is 0 Å². The number of rotatable bonds is 8. The van der Waals surface area contributed by atoms with E-state index < -0.39 is 18.0 Å². The lowest BCUT2D eigenvalue weighted by Crippen LogP contribution is -2.46. The molecule has 108 valence electrons. The number of nitrogens with one attached hydrogen (secondary N) is 2. The third-order valence-electron chi connectivity index (χ3n) is 3.05. The summed E-state index contributed by atoms with van der Waals surface area (Å²) < 4.78 is 5.58. The first kappa shape index (κ1) is 15.5. The third kappa shape index (κ3) is 6.24. The van der Waals surface area contributed by atoms with Crippen molar-refractivity contribution >= 4 is 12.0 Å². The standard InChI is InChI=1S/C13H22N2O4/c1-2-5-11(12(16)17)15-13(18)14-8-9-19-10-6-3-4-7-10/h2,10-11H,1,3-9H2,(H,16,17)(H2,14,15,18). The minimum absolute atomic E-state index is 0.196. The van der Waals surface area contributed by atoms with Crippen LogP contribution < -0.4 is 10.6 Å². The van der Waals surface area contributed by atoms with Crippen molar-refractivity contribution in [3.05, 3.63) is 12.7 Å². The van der Waals surface area contributed by atoms with Crippen LogP contribution in [0.3, 0.4) is 0 Å². The number of hydrogen-bond acceptors (Lipinski definition) is 3. The van der Waals surface area contributed by atoms with E-state index in [1.807, 2.05) is 0 Å². The highest BCUT2D eigenvalue weighted by atomic mass is 16.5. The molecule has 1 fully saturated rings. The molecule has 0 aliphatic heterocycles. The van der Waals surface area contributed by atoms with Crippen molar-refractivity contribution in [2.75, 3.05) is 13.2 Å². The molecule has 0 aromatic carbocycles. The minimum atomic E-state index is -1.07. The fraction of sp³-hybridized carbons (Fsp3) is 0.692. The molecule has 19 heavy (non-hydrogen) atoms. The molecular formula is C13H22N2O4. The van der Waals surface area contributed by atoms with Crippen molar-refractivity contribution in [3.63, 3.8) is 0 Å². The number of hydrogen-bond donors (Lipinski definition) is 3. The van der Waals surface area contributed by atoms with E-state index in [2.05, 4.69) is 17.2 Å². The smallest absolute Gasteiger partial charge is 0.326 e. The van der Waals surface area contributed by atoms with Crippen molar-refractivity contribution in [3.8, 4) is 0 Å². The molecular weight excluding hydrogens is 248 g/mol. The summed E-state index contributed by atoms with van der Waals surface area (Å²) in [4.78, 5) is 22.3. The fourth-order valence-electron chi connectivity index (χ4n) is 2.04. The van der Waals surface area contributed by atoms with Gasteiger partial charge in [-0.3, -0.25) is 0 Å². The van der Waals surface area contributed by atoms with E-state index in [1.165, 1.54) is 18.9 Å². The molecule has 6 heteroatoms. The van der Waals surface area contributed by atoms with Crippen LogP contribution in [-0.2, 0) is 9.53 Å². The Kier molecular flexibility index (Phi) is 6.95. The molecule has 1 aliphatic carbocycles. The fourth-order valence-corrected chi connectivity index (χ4v) is 2.04. The van der Waals surface area contributed by atoms with Crippen molar-refractivity contribution in [1.29, 1.82) is 0 Å². The van der Waals surface area contributed by atoms with E-state index in [0.717, 1.165) is 12.8 Å². The second kappa shape index (κ2) is 8.53. The van der Waals surface area contributed by atoms with Crippen LogP contribution in [0.1, 0.15) is 32.1 Å².